The van der Waals surface area contributed by atoms with Gasteiger partial charge in [0.15, 0.2) is 11.5 Å². The van der Waals surface area contributed by atoms with Crippen LogP contribution < -0.4 is 9.47 Å². The van der Waals surface area contributed by atoms with E-state index < -0.39 is 0 Å². The Balaban J connectivity index is 0.00000300. The lowest BCUT2D eigenvalue weighted by molar-refractivity contribution is 0.272. The van der Waals surface area contributed by atoms with Gasteiger partial charge >= 0.3 is 0 Å². The first-order chi connectivity index (χ1) is 13.6. The molecule has 0 amide bonds. The van der Waals surface area contributed by atoms with Crippen molar-refractivity contribution in [3.63, 3.8) is 0 Å². The highest BCUT2D eigenvalue weighted by molar-refractivity contribution is 6.35. The zero-order chi connectivity index (χ0) is 19.9. The van der Waals surface area contributed by atoms with E-state index in [1.165, 1.54) is 5.56 Å². The molecule has 6 heteroatoms. The number of benzene rings is 2. The van der Waals surface area contributed by atoms with Gasteiger partial charge in [0.1, 0.15) is 0 Å². The summed E-state index contributed by atoms with van der Waals surface area (Å²) in [5.41, 5.74) is 4.14. The van der Waals surface area contributed by atoms with Crippen LogP contribution in [0.2, 0.25) is 10.0 Å². The van der Waals surface area contributed by atoms with E-state index in [2.05, 4.69) is 13.0 Å². The van der Waals surface area contributed by atoms with E-state index in [1.54, 1.807) is 6.07 Å². The fourth-order valence-corrected chi connectivity index (χ4v) is 3.56. The second-order valence-electron chi connectivity index (χ2n) is 6.61. The molecule has 1 aliphatic rings. The average molecular weight is 455 g/mol. The third-order valence-corrected chi connectivity index (χ3v) is 5.11. The maximum atomic E-state index is 6.28. The van der Waals surface area contributed by atoms with E-state index in [0.717, 1.165) is 54.1 Å². The zero-order valence-corrected chi connectivity index (χ0v) is 19.0. The van der Waals surface area contributed by atoms with Crippen LogP contribution in [0.15, 0.2) is 41.4 Å². The molecule has 2 aromatic carbocycles. The number of allylic oxidation sites excluding steroid dienone is 1. The molecular weight excluding hydrogens is 429 g/mol. The monoisotopic (exact) mass is 453 g/mol. The lowest BCUT2D eigenvalue weighted by atomic mass is 9.96. The van der Waals surface area contributed by atoms with E-state index in [9.17, 15) is 0 Å². The van der Waals surface area contributed by atoms with E-state index >= 15 is 0 Å². The fourth-order valence-electron chi connectivity index (χ4n) is 3.08. The molecule has 0 aliphatic carbocycles. The summed E-state index contributed by atoms with van der Waals surface area (Å²) in [4.78, 5) is 4.70. The molecule has 0 spiro atoms. The Labute approximate surface area is 189 Å². The number of rotatable bonds is 8. The Morgan fingerprint density at radius 1 is 1.03 bits per heavy atom. The number of aliphatic imine (C=N–C) groups is 1. The van der Waals surface area contributed by atoms with Crippen molar-refractivity contribution >= 4 is 47.4 Å². The predicted molar refractivity (Wildman–Crippen MR) is 126 cm³/mol. The van der Waals surface area contributed by atoms with Crippen LogP contribution in [0.5, 0.6) is 11.5 Å². The first-order valence-electron chi connectivity index (χ1n) is 9.72. The molecule has 3 nitrogen and oxygen atoms in total. The Hall–Kier alpha value is -1.68. The molecule has 0 aromatic heterocycles. The normalized spacial score (nSPS) is 12.9. The van der Waals surface area contributed by atoms with Crippen molar-refractivity contribution in [3.05, 3.63) is 63.1 Å². The first kappa shape index (κ1) is 23.6. The Bertz CT molecular complexity index is 894. The van der Waals surface area contributed by atoms with Crippen molar-refractivity contribution in [1.82, 2.24) is 0 Å². The molecule has 0 N–H and O–H groups in total. The third-order valence-electron chi connectivity index (χ3n) is 4.55. The van der Waals surface area contributed by atoms with Crippen LogP contribution in [0.3, 0.4) is 0 Å². The maximum Gasteiger partial charge on any atom is 0.161 e. The molecule has 0 fully saturated rings. The van der Waals surface area contributed by atoms with Crippen LogP contribution in [0, 0.1) is 0 Å². The lowest BCUT2D eigenvalue weighted by Crippen LogP contribution is -2.12. The van der Waals surface area contributed by atoms with Crippen LogP contribution in [0.4, 0.5) is 0 Å². The van der Waals surface area contributed by atoms with Crippen molar-refractivity contribution in [1.29, 1.82) is 0 Å². The minimum Gasteiger partial charge on any atom is -0.490 e. The average Bonchev–Trinajstić information content (AvgIpc) is 2.68. The molecule has 0 bridgehead atoms. The Morgan fingerprint density at radius 2 is 1.83 bits per heavy atom. The number of ether oxygens (including phenoxy) is 2. The quantitative estimate of drug-likeness (QED) is 0.400. The molecule has 2 aromatic rings. The highest BCUT2D eigenvalue weighted by Gasteiger charge is 2.17. The van der Waals surface area contributed by atoms with E-state index in [1.807, 2.05) is 37.3 Å². The molecule has 1 aliphatic heterocycles. The summed E-state index contributed by atoms with van der Waals surface area (Å²) in [6.07, 6.45) is 6.99. The largest absolute Gasteiger partial charge is 0.490 e. The summed E-state index contributed by atoms with van der Waals surface area (Å²) >= 11 is 12.3. The van der Waals surface area contributed by atoms with Crippen LogP contribution in [-0.4, -0.2) is 25.5 Å². The van der Waals surface area contributed by atoms with Gasteiger partial charge < -0.3 is 9.47 Å². The van der Waals surface area contributed by atoms with Crippen molar-refractivity contribution in [2.24, 2.45) is 4.99 Å². The van der Waals surface area contributed by atoms with Crippen molar-refractivity contribution in [2.45, 2.75) is 33.1 Å². The van der Waals surface area contributed by atoms with Gasteiger partial charge in [-0.25, -0.2) is 0 Å². The van der Waals surface area contributed by atoms with Gasteiger partial charge in [-0.3, -0.25) is 4.99 Å². The van der Waals surface area contributed by atoms with Crippen LogP contribution in [0.1, 0.15) is 43.4 Å². The molecule has 0 saturated carbocycles. The third kappa shape index (κ3) is 6.15. The van der Waals surface area contributed by atoms with Gasteiger partial charge in [-0.2, -0.15) is 0 Å². The second kappa shape index (κ2) is 11.5. The van der Waals surface area contributed by atoms with E-state index in [4.69, 9.17) is 37.7 Å². The predicted octanol–water partition coefficient (Wildman–Crippen LogP) is 7.05. The standard InChI is InChI=1S/C23H25Cl2NO2.ClH/c1-3-5-12-28-22-13-17-10-11-26-21(19(17)15-23(22)27-4-2)9-7-16-6-8-18(24)14-20(16)25;/h6-9,13-15H,3-5,10-12H2,1-2H3;1H/b9-7+;. The molecular formula is C23H26Cl3NO2. The molecule has 0 radical (unpaired) electrons. The SMILES string of the molecule is CCCCOc1cc2c(cc1OCC)C(/C=C/c1ccc(Cl)cc1Cl)=NCC2.Cl. The molecule has 0 atom stereocenters. The summed E-state index contributed by atoms with van der Waals surface area (Å²) in [6.45, 7) is 6.18. The topological polar surface area (TPSA) is 30.8 Å². The number of unbranched alkanes of at least 4 members (excludes halogenated alkanes) is 1. The van der Waals surface area contributed by atoms with E-state index in [-0.39, 0.29) is 12.4 Å². The number of nitrogens with zero attached hydrogens (tertiary/aromatic N) is 1. The molecule has 0 unspecified atom stereocenters. The second-order valence-corrected chi connectivity index (χ2v) is 7.45. The van der Waals surface area contributed by atoms with Crippen LogP contribution in [-0.2, 0) is 6.42 Å². The molecule has 0 saturated heterocycles. The minimum absolute atomic E-state index is 0. The van der Waals surface area contributed by atoms with Crippen LogP contribution >= 0.6 is 35.6 Å². The van der Waals surface area contributed by atoms with Gasteiger partial charge in [-0.05, 0) is 61.2 Å². The summed E-state index contributed by atoms with van der Waals surface area (Å²) < 4.78 is 11.8. The summed E-state index contributed by atoms with van der Waals surface area (Å²) in [6, 6.07) is 9.63. The maximum absolute atomic E-state index is 6.28. The van der Waals surface area contributed by atoms with Gasteiger partial charge in [0, 0.05) is 22.2 Å². The minimum atomic E-state index is 0. The van der Waals surface area contributed by atoms with Gasteiger partial charge in [0.05, 0.1) is 18.9 Å². The fraction of sp³-hybridized carbons (Fsp3) is 0.348. The van der Waals surface area contributed by atoms with Gasteiger partial charge in [-0.1, -0.05) is 48.7 Å². The summed E-state index contributed by atoms with van der Waals surface area (Å²) in [5.74, 6) is 1.59. The summed E-state index contributed by atoms with van der Waals surface area (Å²) in [5, 5.41) is 1.24. The Kier molecular flexibility index (Phi) is 9.35. The van der Waals surface area contributed by atoms with Gasteiger partial charge in [0.25, 0.3) is 0 Å². The highest BCUT2D eigenvalue weighted by atomic mass is 35.5. The van der Waals surface area contributed by atoms with Gasteiger partial charge in [-0.15, -0.1) is 12.4 Å². The van der Waals surface area contributed by atoms with Crippen molar-refractivity contribution in [3.8, 4) is 11.5 Å². The Morgan fingerprint density at radius 3 is 2.55 bits per heavy atom. The number of hydrogen-bond donors (Lipinski definition) is 0. The van der Waals surface area contributed by atoms with Crippen LogP contribution in [0.25, 0.3) is 6.08 Å². The number of halogens is 3. The number of hydrogen-bond acceptors (Lipinski definition) is 3. The molecule has 3 rings (SSSR count). The lowest BCUT2D eigenvalue weighted by Gasteiger charge is -2.19. The van der Waals surface area contributed by atoms with Gasteiger partial charge in [0.2, 0.25) is 0 Å². The van der Waals surface area contributed by atoms with E-state index in [0.29, 0.717) is 23.3 Å². The van der Waals surface area contributed by atoms with Crippen molar-refractivity contribution in [2.75, 3.05) is 19.8 Å². The zero-order valence-electron chi connectivity index (χ0n) is 16.7. The first-order valence-corrected chi connectivity index (χ1v) is 10.5. The molecule has 1 heterocycles. The number of fused-ring (bicyclic) bond motifs is 1. The van der Waals surface area contributed by atoms with Crippen molar-refractivity contribution < 1.29 is 9.47 Å². The highest BCUT2D eigenvalue weighted by Crippen LogP contribution is 2.34. The molecule has 156 valence electrons. The summed E-state index contributed by atoms with van der Waals surface area (Å²) in [7, 11) is 0. The smallest absolute Gasteiger partial charge is 0.161 e. The molecule has 29 heavy (non-hydrogen) atoms.